The maximum atomic E-state index is 14.3. The van der Waals surface area contributed by atoms with Crippen LogP contribution in [0.2, 0.25) is 0 Å². The number of hydrogen-bond acceptors (Lipinski definition) is 13. The van der Waals surface area contributed by atoms with Gasteiger partial charge in [-0.2, -0.15) is 0 Å². The number of carboxylic acid groups (broad SMARTS) is 1. The maximum Gasteiger partial charge on any atom is 0.326 e. The van der Waals surface area contributed by atoms with Gasteiger partial charge >= 0.3 is 5.97 Å². The summed E-state index contributed by atoms with van der Waals surface area (Å²) in [4.78, 5) is 103. The molecule has 6 amide bonds. The Bertz CT molecular complexity index is 1670. The third-order valence-corrected chi connectivity index (χ3v) is 10.7. The molecule has 2 fully saturated rings. The molecule has 22 nitrogen and oxygen atoms in total. The van der Waals surface area contributed by atoms with Crippen molar-refractivity contribution in [3.8, 4) is 0 Å². The first kappa shape index (κ1) is 53.2. The van der Waals surface area contributed by atoms with E-state index >= 15 is 0 Å². The molecule has 2 aliphatic rings. The van der Waals surface area contributed by atoms with E-state index in [1.54, 1.807) is 12.1 Å². The van der Waals surface area contributed by atoms with E-state index in [9.17, 15) is 43.8 Å². The van der Waals surface area contributed by atoms with Crippen molar-refractivity contribution in [1.29, 1.82) is 0 Å². The fourth-order valence-corrected chi connectivity index (χ4v) is 7.34. The summed E-state index contributed by atoms with van der Waals surface area (Å²) < 4.78 is 0. The molecule has 15 N–H and O–H groups in total. The zero-order valence-corrected chi connectivity index (χ0v) is 37.2. The molecule has 347 valence electrons. The van der Waals surface area contributed by atoms with Gasteiger partial charge in [0.2, 0.25) is 29.5 Å². The summed E-state index contributed by atoms with van der Waals surface area (Å²) in [6.07, 6.45) is 5.65. The number of aliphatic hydroxyl groups excluding tert-OH is 1. The normalized spacial score (nSPS) is 17.9. The number of aliphatic hydroxyl groups is 1. The number of likely N-dealkylation sites (tertiary alicyclic amines) is 2. The van der Waals surface area contributed by atoms with E-state index in [1.807, 2.05) is 0 Å². The van der Waals surface area contributed by atoms with Crippen LogP contribution in [0.4, 0.5) is 5.82 Å². The van der Waals surface area contributed by atoms with E-state index in [4.69, 9.17) is 23.0 Å². The van der Waals surface area contributed by atoms with Crippen LogP contribution in [0.15, 0.2) is 23.3 Å². The molecule has 0 bridgehead atoms. The molecule has 62 heavy (non-hydrogen) atoms. The Morgan fingerprint density at radius 2 is 1.58 bits per heavy atom. The fourth-order valence-electron chi connectivity index (χ4n) is 7.34. The standard InChI is InChI=1S/C39H65N13O9.Tc/c1-24(53)32(49-31(54)15-3-2-7-19-44-33(55)25-16-17-30(50-43)46-23-25)35(57)47-26(11-4-6-18-40)36(58)52-21-8-5-13-29(52)37(59)51-22-10-14-28(51)34(56)48-27(38(60)61)12-9-20-45-39(41)42;/h16-17,23-24,26-29,32,53H,2-15,18-22,40,43H2,1H3,(H,44,55)(H,46,50)(H,47,57)(H,48,56)(H,49,54)(H,60,61)(H4,41,42,45);/i;1+1. The Kier molecular flexibility index (Phi) is 23.9. The number of hydrazine groups is 1. The van der Waals surface area contributed by atoms with E-state index in [0.29, 0.717) is 95.1 Å². The predicted octanol–water partition coefficient (Wildman–Crippen LogP) is -1.87. The van der Waals surface area contributed by atoms with Gasteiger partial charge in [-0.05, 0) is 103 Å². The van der Waals surface area contributed by atoms with Crippen LogP contribution in [-0.2, 0) is 48.9 Å². The molecule has 1 aromatic heterocycles. The van der Waals surface area contributed by atoms with Gasteiger partial charge in [0.1, 0.15) is 36.0 Å². The Hall–Kier alpha value is -4.96. The number of nitrogens with zero attached hydrogens (tertiary/aromatic N) is 4. The van der Waals surface area contributed by atoms with Crippen molar-refractivity contribution in [2.45, 2.75) is 133 Å². The molecular formula is C39H65N13O9Tc. The van der Waals surface area contributed by atoms with Gasteiger partial charge < -0.3 is 63.9 Å². The molecule has 6 atom stereocenters. The molecule has 2 saturated heterocycles. The first-order valence-electron chi connectivity index (χ1n) is 21.1. The van der Waals surface area contributed by atoms with Gasteiger partial charge in [0.25, 0.3) is 5.91 Å². The topological polar surface area (TPSA) is 356 Å². The van der Waals surface area contributed by atoms with Gasteiger partial charge in [-0.15, -0.1) is 0 Å². The molecule has 0 saturated carbocycles. The number of aromatic nitrogens is 1. The van der Waals surface area contributed by atoms with Crippen LogP contribution in [0.1, 0.15) is 107 Å². The van der Waals surface area contributed by atoms with Crippen molar-refractivity contribution in [3.63, 3.8) is 0 Å². The average molecular weight is 959 g/mol. The number of nitrogens with two attached hydrogens (primary N) is 4. The van der Waals surface area contributed by atoms with Crippen LogP contribution in [-0.4, -0.2) is 141 Å². The minimum Gasteiger partial charge on any atom is -0.480 e. The number of aliphatic imine (C=N–C) groups is 1. The molecule has 2 aliphatic heterocycles. The second-order valence-electron chi connectivity index (χ2n) is 15.4. The van der Waals surface area contributed by atoms with Crippen molar-refractivity contribution in [3.05, 3.63) is 23.9 Å². The maximum absolute atomic E-state index is 14.3. The van der Waals surface area contributed by atoms with Crippen LogP contribution in [0, 0.1) is 0 Å². The fraction of sp³-hybridized carbons (Fsp3) is 0.667. The van der Waals surface area contributed by atoms with Gasteiger partial charge in [0.05, 0.1) is 11.7 Å². The summed E-state index contributed by atoms with van der Waals surface area (Å²) in [7, 11) is 0. The number of unbranched alkanes of at least 4 members (excludes halogenated alkanes) is 3. The van der Waals surface area contributed by atoms with Crippen LogP contribution >= 0.6 is 0 Å². The van der Waals surface area contributed by atoms with Crippen molar-refractivity contribution >= 4 is 53.2 Å². The summed E-state index contributed by atoms with van der Waals surface area (Å²) in [6.45, 7) is 2.69. The quantitative estimate of drug-likeness (QED) is 0.0168. The summed E-state index contributed by atoms with van der Waals surface area (Å²) >= 11 is 0. The average Bonchev–Trinajstić information content (AvgIpc) is 3.74. The number of piperidine rings is 1. The van der Waals surface area contributed by atoms with Gasteiger partial charge in [0.15, 0.2) is 5.96 Å². The minimum absolute atomic E-state index is 0. The number of aliphatic carboxylic acids is 1. The Balaban J connectivity index is 0.0000132. The Morgan fingerprint density at radius 3 is 2.23 bits per heavy atom. The van der Waals surface area contributed by atoms with Gasteiger partial charge in [-0.3, -0.25) is 33.8 Å². The van der Waals surface area contributed by atoms with E-state index in [1.165, 1.54) is 22.9 Å². The van der Waals surface area contributed by atoms with Crippen LogP contribution < -0.4 is 49.7 Å². The first-order valence-corrected chi connectivity index (χ1v) is 21.1. The number of guanidine groups is 1. The van der Waals surface area contributed by atoms with E-state index < -0.39 is 71.8 Å². The number of nitrogen functional groups attached to an aromatic ring is 1. The van der Waals surface area contributed by atoms with E-state index in [2.05, 4.69) is 36.7 Å². The molecule has 1 aromatic rings. The Morgan fingerprint density at radius 1 is 0.871 bits per heavy atom. The second-order valence-corrected chi connectivity index (χ2v) is 15.4. The molecule has 0 aliphatic carbocycles. The van der Waals surface area contributed by atoms with E-state index in [-0.39, 0.29) is 70.9 Å². The van der Waals surface area contributed by atoms with Crippen molar-refractivity contribution in [1.82, 2.24) is 36.1 Å². The van der Waals surface area contributed by atoms with Gasteiger partial charge in [-0.1, -0.05) is 6.42 Å². The molecular weight excluding hydrogens is 893 g/mol. The third-order valence-electron chi connectivity index (χ3n) is 10.7. The van der Waals surface area contributed by atoms with Crippen molar-refractivity contribution in [2.75, 3.05) is 38.1 Å². The number of amides is 6. The molecule has 3 rings (SSSR count). The molecule has 1 radical (unpaired) electrons. The van der Waals surface area contributed by atoms with Crippen LogP contribution in [0.25, 0.3) is 0 Å². The van der Waals surface area contributed by atoms with Crippen molar-refractivity contribution in [2.24, 2.45) is 28.0 Å². The number of pyridine rings is 1. The molecule has 3 heterocycles. The predicted molar refractivity (Wildman–Crippen MR) is 225 cm³/mol. The zero-order valence-electron chi connectivity index (χ0n) is 35.4. The molecule has 0 aromatic carbocycles. The molecule has 0 spiro atoms. The number of rotatable bonds is 25. The SMILES string of the molecule is CC(O)C(NC(=O)CCCCCNC(=O)c1ccc(NN)nc1)C(=O)NC(CCCCN)C(=O)N1CCCCC1C(=O)N1CCCC1C(=O)NC(CCCN=C(N)N)C(=O)O.[99Tc]. The molecule has 6 unspecified atom stereocenters. The van der Waals surface area contributed by atoms with Gasteiger partial charge in [0, 0.05) is 58.9 Å². The number of carbonyl (C=O) groups is 7. The summed E-state index contributed by atoms with van der Waals surface area (Å²) in [5.41, 5.74) is 19.2. The third kappa shape index (κ3) is 17.1. The monoisotopic (exact) mass is 958 g/mol. The number of carboxylic acids is 1. The second kappa shape index (κ2) is 27.9. The first-order chi connectivity index (χ1) is 29.2. The summed E-state index contributed by atoms with van der Waals surface area (Å²) in [5.74, 6) is 1.21. The minimum atomic E-state index is -1.38. The molecule has 23 heteroatoms. The number of hydrogen-bond donors (Lipinski definition) is 11. The number of carbonyl (C=O) groups excluding carboxylic acids is 6. The number of nitrogens with one attached hydrogen (secondary N) is 5. The summed E-state index contributed by atoms with van der Waals surface area (Å²) in [6, 6.07) is -2.44. The number of anilines is 1. The zero-order chi connectivity index (χ0) is 44.9. The van der Waals surface area contributed by atoms with Crippen LogP contribution in [0.3, 0.4) is 0 Å². The Labute approximate surface area is 375 Å². The van der Waals surface area contributed by atoms with Gasteiger partial charge in [-0.25, -0.2) is 15.6 Å². The smallest absolute Gasteiger partial charge is 0.326 e. The summed E-state index contributed by atoms with van der Waals surface area (Å²) in [5, 5.41) is 30.9. The van der Waals surface area contributed by atoms with E-state index in [0.717, 1.165) is 0 Å². The van der Waals surface area contributed by atoms with Crippen molar-refractivity contribution < 1.29 is 63.9 Å². The van der Waals surface area contributed by atoms with Crippen LogP contribution in [0.5, 0.6) is 0 Å². The largest absolute Gasteiger partial charge is 0.480 e.